The van der Waals surface area contributed by atoms with Crippen LogP contribution in [0.1, 0.15) is 21.5 Å². The second-order valence-corrected chi connectivity index (χ2v) is 4.86. The summed E-state index contributed by atoms with van der Waals surface area (Å²) in [7, 11) is 4.71. The number of cyclic esters (lactones) is 1. The first-order valence-corrected chi connectivity index (χ1v) is 7.01. The van der Waals surface area contributed by atoms with Crippen LogP contribution in [-0.2, 0) is 4.74 Å². The van der Waals surface area contributed by atoms with Crippen LogP contribution >= 0.6 is 0 Å². The topological polar surface area (TPSA) is 54.0 Å². The molecule has 5 heteroatoms. The standard InChI is InChI=1S/C18H16O5/c1-20-13-7-5-8-14(21-2)12(13)10-16-17-11(18(19)23-16)6-4-9-15(17)22-3/h4-10H,1-3H3. The number of hydrogen-bond acceptors (Lipinski definition) is 5. The molecule has 23 heavy (non-hydrogen) atoms. The Morgan fingerprint density at radius 2 is 1.43 bits per heavy atom. The first-order chi connectivity index (χ1) is 11.2. The van der Waals surface area contributed by atoms with Gasteiger partial charge in [0.05, 0.1) is 38.0 Å². The number of methoxy groups -OCH3 is 3. The maximum atomic E-state index is 12.1. The Kier molecular flexibility index (Phi) is 3.93. The van der Waals surface area contributed by atoms with Gasteiger partial charge in [0.25, 0.3) is 0 Å². The molecule has 0 bridgehead atoms. The van der Waals surface area contributed by atoms with Gasteiger partial charge in [-0.05, 0) is 30.3 Å². The van der Waals surface area contributed by atoms with Crippen LogP contribution in [0.2, 0.25) is 0 Å². The number of fused-ring (bicyclic) bond motifs is 1. The van der Waals surface area contributed by atoms with E-state index in [1.807, 2.05) is 18.2 Å². The van der Waals surface area contributed by atoms with Crippen LogP contribution in [0.3, 0.4) is 0 Å². The molecule has 0 spiro atoms. The van der Waals surface area contributed by atoms with Crippen molar-refractivity contribution in [3.8, 4) is 17.2 Å². The highest BCUT2D eigenvalue weighted by atomic mass is 16.5. The molecule has 0 N–H and O–H groups in total. The van der Waals surface area contributed by atoms with Crippen LogP contribution in [0.5, 0.6) is 17.2 Å². The van der Waals surface area contributed by atoms with Gasteiger partial charge in [-0.25, -0.2) is 4.79 Å². The van der Waals surface area contributed by atoms with Crippen molar-refractivity contribution in [2.45, 2.75) is 0 Å². The number of benzene rings is 2. The predicted octanol–water partition coefficient (Wildman–Crippen LogP) is 3.38. The Labute approximate surface area is 134 Å². The number of hydrogen-bond donors (Lipinski definition) is 0. The third-order valence-electron chi connectivity index (χ3n) is 3.66. The van der Waals surface area contributed by atoms with Crippen LogP contribution < -0.4 is 14.2 Å². The van der Waals surface area contributed by atoms with Gasteiger partial charge in [0.15, 0.2) is 0 Å². The summed E-state index contributed by atoms with van der Waals surface area (Å²) in [6.07, 6.45) is 1.73. The highest BCUT2D eigenvalue weighted by Gasteiger charge is 2.30. The first-order valence-electron chi connectivity index (χ1n) is 7.01. The van der Waals surface area contributed by atoms with E-state index in [-0.39, 0.29) is 0 Å². The molecule has 0 aliphatic carbocycles. The zero-order valence-electron chi connectivity index (χ0n) is 13.1. The van der Waals surface area contributed by atoms with Gasteiger partial charge < -0.3 is 18.9 Å². The Balaban J connectivity index is 2.20. The minimum Gasteiger partial charge on any atom is -0.496 e. The Hall–Kier alpha value is -2.95. The minimum atomic E-state index is -0.404. The van der Waals surface area contributed by atoms with Crippen molar-refractivity contribution in [1.29, 1.82) is 0 Å². The number of carbonyl (C=O) groups is 1. The maximum absolute atomic E-state index is 12.1. The van der Waals surface area contributed by atoms with Crippen LogP contribution in [0.15, 0.2) is 36.4 Å². The van der Waals surface area contributed by atoms with E-state index in [0.29, 0.717) is 39.7 Å². The van der Waals surface area contributed by atoms with Gasteiger partial charge in [-0.15, -0.1) is 0 Å². The van der Waals surface area contributed by atoms with Gasteiger partial charge >= 0.3 is 5.97 Å². The summed E-state index contributed by atoms with van der Waals surface area (Å²) >= 11 is 0. The third-order valence-corrected chi connectivity index (χ3v) is 3.66. The summed E-state index contributed by atoms with van der Waals surface area (Å²) in [5.74, 6) is 1.82. The lowest BCUT2D eigenvalue weighted by molar-refractivity contribution is 0.0717. The van der Waals surface area contributed by atoms with Crippen molar-refractivity contribution in [3.05, 3.63) is 53.1 Å². The summed E-state index contributed by atoms with van der Waals surface area (Å²) in [6, 6.07) is 10.7. The SMILES string of the molecule is COc1cccc(OC)c1C=C1OC(=O)c2cccc(OC)c21. The van der Waals surface area contributed by atoms with Gasteiger partial charge in [-0.2, -0.15) is 0 Å². The molecule has 0 saturated heterocycles. The molecule has 0 atom stereocenters. The van der Waals surface area contributed by atoms with Crippen LogP contribution in [-0.4, -0.2) is 27.3 Å². The Morgan fingerprint density at radius 1 is 0.870 bits per heavy atom. The zero-order chi connectivity index (χ0) is 16.4. The van der Waals surface area contributed by atoms with Gasteiger partial charge in [-0.1, -0.05) is 12.1 Å². The second kappa shape index (κ2) is 6.04. The summed E-state index contributed by atoms with van der Waals surface area (Å²) < 4.78 is 21.5. The third kappa shape index (κ3) is 2.50. The predicted molar refractivity (Wildman–Crippen MR) is 85.8 cm³/mol. The van der Waals surface area contributed by atoms with Crippen molar-refractivity contribution >= 4 is 17.8 Å². The normalized spacial score (nSPS) is 14.4. The first kappa shape index (κ1) is 15.0. The maximum Gasteiger partial charge on any atom is 0.344 e. The molecule has 0 amide bonds. The molecular formula is C18H16O5. The van der Waals surface area contributed by atoms with E-state index in [1.165, 1.54) is 0 Å². The summed E-state index contributed by atoms with van der Waals surface area (Å²) in [4.78, 5) is 12.1. The molecule has 118 valence electrons. The van der Waals surface area contributed by atoms with Gasteiger partial charge in [0.1, 0.15) is 23.0 Å². The molecule has 1 aliphatic heterocycles. The van der Waals surface area contributed by atoms with Crippen molar-refractivity contribution in [2.24, 2.45) is 0 Å². The molecule has 0 unspecified atom stereocenters. The summed E-state index contributed by atoms with van der Waals surface area (Å²) in [6.45, 7) is 0. The van der Waals surface area contributed by atoms with E-state index >= 15 is 0 Å². The fraction of sp³-hybridized carbons (Fsp3) is 0.167. The molecule has 3 rings (SSSR count). The van der Waals surface area contributed by atoms with Gasteiger partial charge in [0, 0.05) is 0 Å². The van der Waals surface area contributed by atoms with E-state index in [1.54, 1.807) is 45.6 Å². The summed E-state index contributed by atoms with van der Waals surface area (Å²) in [5, 5.41) is 0. The molecule has 0 fully saturated rings. The molecule has 0 radical (unpaired) electrons. The zero-order valence-corrected chi connectivity index (χ0v) is 13.1. The molecule has 1 aliphatic rings. The van der Waals surface area contributed by atoms with E-state index in [2.05, 4.69) is 0 Å². The molecule has 5 nitrogen and oxygen atoms in total. The lowest BCUT2D eigenvalue weighted by Gasteiger charge is -2.11. The van der Waals surface area contributed by atoms with Crippen molar-refractivity contribution < 1.29 is 23.7 Å². The number of carbonyl (C=O) groups excluding carboxylic acids is 1. The molecule has 2 aromatic carbocycles. The number of esters is 1. The average Bonchev–Trinajstić information content (AvgIpc) is 2.91. The fourth-order valence-corrected chi connectivity index (χ4v) is 2.59. The molecule has 0 saturated carbocycles. The molecular weight excluding hydrogens is 296 g/mol. The molecule has 0 aromatic heterocycles. The minimum absolute atomic E-state index is 0.404. The van der Waals surface area contributed by atoms with Crippen LogP contribution in [0, 0.1) is 0 Å². The van der Waals surface area contributed by atoms with Crippen molar-refractivity contribution in [1.82, 2.24) is 0 Å². The monoisotopic (exact) mass is 312 g/mol. The van der Waals surface area contributed by atoms with Gasteiger partial charge in [-0.3, -0.25) is 0 Å². The number of rotatable bonds is 4. The average molecular weight is 312 g/mol. The van der Waals surface area contributed by atoms with E-state index in [0.717, 1.165) is 0 Å². The van der Waals surface area contributed by atoms with Crippen LogP contribution in [0.25, 0.3) is 11.8 Å². The van der Waals surface area contributed by atoms with E-state index in [4.69, 9.17) is 18.9 Å². The lowest BCUT2D eigenvalue weighted by Crippen LogP contribution is -1.94. The van der Waals surface area contributed by atoms with Crippen LogP contribution in [0.4, 0.5) is 0 Å². The lowest BCUT2D eigenvalue weighted by atomic mass is 10.0. The second-order valence-electron chi connectivity index (χ2n) is 4.86. The molecule has 1 heterocycles. The Bertz CT molecular complexity index is 770. The van der Waals surface area contributed by atoms with E-state index < -0.39 is 5.97 Å². The van der Waals surface area contributed by atoms with E-state index in [9.17, 15) is 4.79 Å². The highest BCUT2D eigenvalue weighted by molar-refractivity contribution is 6.07. The smallest absolute Gasteiger partial charge is 0.344 e. The fourth-order valence-electron chi connectivity index (χ4n) is 2.59. The number of ether oxygens (including phenoxy) is 4. The van der Waals surface area contributed by atoms with Crippen molar-refractivity contribution in [2.75, 3.05) is 21.3 Å². The van der Waals surface area contributed by atoms with Crippen molar-refractivity contribution in [3.63, 3.8) is 0 Å². The summed E-state index contributed by atoms with van der Waals surface area (Å²) in [5.41, 5.74) is 1.80. The van der Waals surface area contributed by atoms with Gasteiger partial charge in [0.2, 0.25) is 0 Å². The Morgan fingerprint density at radius 3 is 2.04 bits per heavy atom. The largest absolute Gasteiger partial charge is 0.496 e. The highest BCUT2D eigenvalue weighted by Crippen LogP contribution is 2.40. The molecule has 2 aromatic rings. The quantitative estimate of drug-likeness (QED) is 0.810.